The van der Waals surface area contributed by atoms with Crippen LogP contribution < -0.4 is 0 Å². The highest BCUT2D eigenvalue weighted by Gasteiger charge is 2.46. The molecular formula is C29H39NO5. The number of rotatable bonds is 15. The molecule has 2 N–H and O–H groups in total. The number of carbonyl (C=O) groups is 1. The highest BCUT2D eigenvalue weighted by molar-refractivity contribution is 5.79. The topological polar surface area (TPSA) is 79.2 Å². The van der Waals surface area contributed by atoms with E-state index in [1.165, 1.54) is 6.08 Å². The number of likely N-dealkylation sites (N-methyl/N-ethyl adjacent to an activating group) is 1. The highest BCUT2D eigenvalue weighted by Crippen LogP contribution is 2.40. The summed E-state index contributed by atoms with van der Waals surface area (Å²) in [6.07, 6.45) is 7.19. The van der Waals surface area contributed by atoms with Gasteiger partial charge in [-0.15, -0.1) is 0 Å². The van der Waals surface area contributed by atoms with Crippen molar-refractivity contribution in [1.82, 2.24) is 4.90 Å². The SMILES string of the molecule is CN(CCOCc1ccccc1)[C@@H]1C[C@](CCCC/C=C\C(=O)O)(OCc2ccccc2)C[C@H]1O. The van der Waals surface area contributed by atoms with Gasteiger partial charge in [0.15, 0.2) is 0 Å². The van der Waals surface area contributed by atoms with Crippen LogP contribution in [0, 0.1) is 0 Å². The first-order chi connectivity index (χ1) is 17.0. The van der Waals surface area contributed by atoms with Crippen molar-refractivity contribution >= 4 is 5.97 Å². The number of carboxylic acids is 1. The fourth-order valence-corrected chi connectivity index (χ4v) is 4.80. The second-order valence-electron chi connectivity index (χ2n) is 9.51. The molecule has 1 aliphatic rings. The number of unbranched alkanes of at least 4 members (excludes halogenated alkanes) is 2. The zero-order valence-electron chi connectivity index (χ0n) is 20.7. The third-order valence-electron chi connectivity index (χ3n) is 6.77. The maximum absolute atomic E-state index is 11.0. The summed E-state index contributed by atoms with van der Waals surface area (Å²) >= 11 is 0. The fourth-order valence-electron chi connectivity index (χ4n) is 4.80. The molecule has 0 aliphatic heterocycles. The van der Waals surface area contributed by atoms with Crippen molar-refractivity contribution in [2.45, 2.75) is 69.5 Å². The Kier molecular flexibility index (Phi) is 10.9. The minimum Gasteiger partial charge on any atom is -0.478 e. The minimum atomic E-state index is -0.912. The molecule has 2 aromatic rings. The van der Waals surface area contributed by atoms with Crippen LogP contribution >= 0.6 is 0 Å². The molecule has 190 valence electrons. The predicted molar refractivity (Wildman–Crippen MR) is 137 cm³/mol. The predicted octanol–water partition coefficient (Wildman–Crippen LogP) is 4.82. The van der Waals surface area contributed by atoms with Gasteiger partial charge in [-0.3, -0.25) is 4.90 Å². The zero-order chi connectivity index (χ0) is 24.9. The fraction of sp³-hybridized carbons (Fsp3) is 0.483. The number of hydrogen-bond donors (Lipinski definition) is 2. The van der Waals surface area contributed by atoms with Crippen molar-refractivity contribution in [3.8, 4) is 0 Å². The Morgan fingerprint density at radius 1 is 1.03 bits per heavy atom. The number of ether oxygens (including phenoxy) is 2. The molecule has 6 heteroatoms. The smallest absolute Gasteiger partial charge is 0.327 e. The van der Waals surface area contributed by atoms with Gasteiger partial charge in [0, 0.05) is 25.1 Å². The van der Waals surface area contributed by atoms with Crippen LogP contribution in [0.15, 0.2) is 72.8 Å². The van der Waals surface area contributed by atoms with Gasteiger partial charge in [-0.2, -0.15) is 0 Å². The van der Waals surface area contributed by atoms with Crippen molar-refractivity contribution in [1.29, 1.82) is 0 Å². The lowest BCUT2D eigenvalue weighted by atomic mass is 9.93. The van der Waals surface area contributed by atoms with Gasteiger partial charge in [0.05, 0.1) is 31.5 Å². The van der Waals surface area contributed by atoms with Gasteiger partial charge >= 0.3 is 5.97 Å². The van der Waals surface area contributed by atoms with Gasteiger partial charge < -0.3 is 19.7 Å². The molecule has 0 bridgehead atoms. The largest absolute Gasteiger partial charge is 0.478 e. The molecule has 35 heavy (non-hydrogen) atoms. The molecule has 1 fully saturated rings. The van der Waals surface area contributed by atoms with Crippen LogP contribution in [0.5, 0.6) is 0 Å². The lowest BCUT2D eigenvalue weighted by Gasteiger charge is -2.31. The van der Waals surface area contributed by atoms with E-state index in [0.717, 1.165) is 49.8 Å². The van der Waals surface area contributed by atoms with Crippen LogP contribution in [0.1, 0.15) is 49.7 Å². The van der Waals surface area contributed by atoms with E-state index in [1.807, 2.05) is 43.4 Å². The second kappa shape index (κ2) is 14.1. The summed E-state index contributed by atoms with van der Waals surface area (Å²) in [5.41, 5.74) is 1.88. The Morgan fingerprint density at radius 3 is 2.34 bits per heavy atom. The van der Waals surface area contributed by atoms with E-state index in [-0.39, 0.29) is 6.04 Å². The minimum absolute atomic E-state index is 0.0120. The molecule has 6 nitrogen and oxygen atoms in total. The van der Waals surface area contributed by atoms with E-state index in [9.17, 15) is 9.90 Å². The van der Waals surface area contributed by atoms with E-state index >= 15 is 0 Å². The monoisotopic (exact) mass is 481 g/mol. The average molecular weight is 482 g/mol. The van der Waals surface area contributed by atoms with Gasteiger partial charge in [0.1, 0.15) is 0 Å². The second-order valence-corrected chi connectivity index (χ2v) is 9.51. The molecule has 3 atom stereocenters. The van der Waals surface area contributed by atoms with Crippen LogP contribution in [0.25, 0.3) is 0 Å². The Bertz CT molecular complexity index is 904. The zero-order valence-corrected chi connectivity index (χ0v) is 20.7. The third-order valence-corrected chi connectivity index (χ3v) is 6.77. The Morgan fingerprint density at radius 2 is 1.69 bits per heavy atom. The maximum atomic E-state index is 11.0. The molecule has 1 saturated carbocycles. The van der Waals surface area contributed by atoms with Crippen LogP contribution in [0.3, 0.4) is 0 Å². The summed E-state index contributed by atoms with van der Waals surface area (Å²) in [7, 11) is 2.05. The molecule has 1 aliphatic carbocycles. The lowest BCUT2D eigenvalue weighted by molar-refractivity contribution is -0.131. The summed E-state index contributed by atoms with van der Waals surface area (Å²) in [5, 5.41) is 19.7. The van der Waals surface area contributed by atoms with E-state index in [4.69, 9.17) is 14.6 Å². The summed E-state index contributed by atoms with van der Waals surface area (Å²) in [4.78, 5) is 12.9. The number of allylic oxidation sites excluding steroid dienone is 1. The molecule has 0 aromatic heterocycles. The van der Waals surface area contributed by atoms with Crippen LogP contribution in [0.2, 0.25) is 0 Å². The molecule has 0 spiro atoms. The normalized spacial score (nSPS) is 22.3. The summed E-state index contributed by atoms with van der Waals surface area (Å²) in [6.45, 7) is 2.44. The number of hydrogen-bond acceptors (Lipinski definition) is 5. The molecule has 0 heterocycles. The number of aliphatic carboxylic acids is 1. The lowest BCUT2D eigenvalue weighted by Crippen LogP contribution is -2.40. The summed E-state index contributed by atoms with van der Waals surface area (Å²) in [5.74, 6) is -0.912. The van der Waals surface area contributed by atoms with Crippen molar-refractivity contribution in [2.24, 2.45) is 0 Å². The number of nitrogens with zero attached hydrogens (tertiary/aromatic N) is 1. The van der Waals surface area contributed by atoms with E-state index < -0.39 is 17.7 Å². The maximum Gasteiger partial charge on any atom is 0.327 e. The summed E-state index contributed by atoms with van der Waals surface area (Å²) in [6, 6.07) is 20.3. The highest BCUT2D eigenvalue weighted by atomic mass is 16.5. The quantitative estimate of drug-likeness (QED) is 0.281. The molecule has 0 unspecified atom stereocenters. The number of aliphatic hydroxyl groups excluding tert-OH is 1. The van der Waals surface area contributed by atoms with Crippen molar-refractivity contribution in [3.63, 3.8) is 0 Å². The first-order valence-corrected chi connectivity index (χ1v) is 12.5. The van der Waals surface area contributed by atoms with Gasteiger partial charge in [-0.25, -0.2) is 4.79 Å². The van der Waals surface area contributed by atoms with Crippen molar-refractivity contribution in [3.05, 3.63) is 83.9 Å². The number of carboxylic acid groups (broad SMARTS) is 1. The Hall–Kier alpha value is -2.51. The molecule has 0 amide bonds. The third kappa shape index (κ3) is 9.22. The first kappa shape index (κ1) is 27.1. The van der Waals surface area contributed by atoms with Crippen molar-refractivity contribution in [2.75, 3.05) is 20.2 Å². The molecular weight excluding hydrogens is 442 g/mol. The van der Waals surface area contributed by atoms with Crippen LogP contribution in [-0.4, -0.2) is 59.0 Å². The molecule has 3 rings (SSSR count). The first-order valence-electron chi connectivity index (χ1n) is 12.5. The van der Waals surface area contributed by atoms with Crippen LogP contribution in [-0.2, 0) is 27.5 Å². The Labute approximate surface area is 209 Å². The molecule has 0 saturated heterocycles. The number of aliphatic hydroxyl groups is 1. The van der Waals surface area contributed by atoms with Crippen molar-refractivity contribution < 1.29 is 24.5 Å². The van der Waals surface area contributed by atoms with E-state index in [2.05, 4.69) is 29.2 Å². The average Bonchev–Trinajstić information content (AvgIpc) is 3.20. The van der Waals surface area contributed by atoms with Crippen LogP contribution in [0.4, 0.5) is 0 Å². The van der Waals surface area contributed by atoms with Gasteiger partial charge in [0.2, 0.25) is 0 Å². The van der Waals surface area contributed by atoms with Gasteiger partial charge in [0.25, 0.3) is 0 Å². The van der Waals surface area contributed by atoms with Gasteiger partial charge in [-0.05, 0) is 43.9 Å². The Balaban J connectivity index is 1.53. The van der Waals surface area contributed by atoms with Gasteiger partial charge in [-0.1, -0.05) is 73.2 Å². The van der Waals surface area contributed by atoms with E-state index in [1.54, 1.807) is 6.08 Å². The standard InChI is InChI=1S/C29H39NO5/c1-30(18-19-34-22-24-12-6-4-7-13-24)26-20-29(21-27(26)31,17-11-3-2-10-16-28(32)33)35-23-25-14-8-5-9-15-25/h4-10,12-16,26-27,31H,2-3,11,17-23H2,1H3,(H,32,33)/b16-10-/t26-,27-,29+/m1/s1. The molecule has 0 radical (unpaired) electrons. The summed E-state index contributed by atoms with van der Waals surface area (Å²) < 4.78 is 12.4. The number of benzene rings is 2. The van der Waals surface area contributed by atoms with E-state index in [0.29, 0.717) is 26.2 Å². The molecule has 2 aromatic carbocycles.